The van der Waals surface area contributed by atoms with Crippen LogP contribution >= 0.6 is 0 Å². The molecule has 0 amide bonds. The molecule has 0 bridgehead atoms. The molecule has 0 aliphatic carbocycles. The molecule has 0 heterocycles. The van der Waals surface area contributed by atoms with Gasteiger partial charge in [0.15, 0.2) is 0 Å². The van der Waals surface area contributed by atoms with Crippen LogP contribution in [0.1, 0.15) is 48.0 Å². The van der Waals surface area contributed by atoms with Crippen LogP contribution in [-0.2, 0) is 4.74 Å². The molecule has 2 heteroatoms. The first-order valence-corrected chi connectivity index (χ1v) is 4.49. The number of rotatable bonds is 4. The van der Waals surface area contributed by atoms with Gasteiger partial charge in [-0.3, -0.25) is 0 Å². The molecule has 0 aliphatic rings. The summed E-state index contributed by atoms with van der Waals surface area (Å²) < 4.78 is 18.8. The zero-order valence-electron chi connectivity index (χ0n) is 9.07. The van der Waals surface area contributed by atoms with E-state index in [4.69, 9.17) is 4.74 Å². The first-order chi connectivity index (χ1) is 5.12. The van der Waals surface area contributed by atoms with E-state index in [0.29, 0.717) is 6.42 Å². The summed E-state index contributed by atoms with van der Waals surface area (Å²) in [7, 11) is 0. The molecule has 1 nitrogen and oxygen atoms in total. The third-order valence-corrected chi connectivity index (χ3v) is 1.40. The summed E-state index contributed by atoms with van der Waals surface area (Å²) in [5, 5.41) is 0. The van der Waals surface area contributed by atoms with Crippen LogP contribution in [0.15, 0.2) is 0 Å². The maximum Gasteiger partial charge on any atom is 0.108 e. The smallest absolute Gasteiger partial charge is 0.108 e. The molecule has 0 unspecified atom stereocenters. The molecule has 0 radical (unpaired) electrons. The van der Waals surface area contributed by atoms with Gasteiger partial charge in [-0.1, -0.05) is 0 Å². The highest BCUT2D eigenvalue weighted by Gasteiger charge is 2.29. The van der Waals surface area contributed by atoms with Crippen molar-refractivity contribution in [1.29, 1.82) is 0 Å². The van der Waals surface area contributed by atoms with Crippen LogP contribution in [0.5, 0.6) is 0 Å². The Kier molecular flexibility index (Phi) is 3.70. The maximum atomic E-state index is 13.3. The Bertz CT molecular complexity index is 133. The van der Waals surface area contributed by atoms with E-state index in [1.165, 1.54) is 0 Å². The lowest BCUT2D eigenvalue weighted by Gasteiger charge is -2.31. The zero-order valence-corrected chi connectivity index (χ0v) is 9.07. The molecule has 0 aromatic heterocycles. The molecule has 0 spiro atoms. The van der Waals surface area contributed by atoms with Crippen molar-refractivity contribution in [3.8, 4) is 0 Å². The van der Waals surface area contributed by atoms with Crippen molar-refractivity contribution >= 4 is 0 Å². The molecular formula is C10H21FO. The van der Waals surface area contributed by atoms with Gasteiger partial charge in [-0.15, -0.1) is 0 Å². The van der Waals surface area contributed by atoms with E-state index in [2.05, 4.69) is 0 Å². The zero-order chi connectivity index (χ0) is 9.99. The van der Waals surface area contributed by atoms with Gasteiger partial charge in [0.2, 0.25) is 0 Å². The van der Waals surface area contributed by atoms with Crippen LogP contribution in [0.25, 0.3) is 0 Å². The largest absolute Gasteiger partial charge is 0.373 e. The quantitative estimate of drug-likeness (QED) is 0.638. The average molecular weight is 176 g/mol. The third-order valence-electron chi connectivity index (χ3n) is 1.40. The van der Waals surface area contributed by atoms with Gasteiger partial charge in [-0.2, -0.15) is 0 Å². The van der Waals surface area contributed by atoms with Gasteiger partial charge in [0.1, 0.15) is 5.67 Å². The second kappa shape index (κ2) is 3.73. The molecule has 0 aromatic carbocycles. The van der Waals surface area contributed by atoms with Crippen molar-refractivity contribution < 1.29 is 9.13 Å². The van der Waals surface area contributed by atoms with Crippen molar-refractivity contribution in [2.45, 2.75) is 65.3 Å². The number of hydrogen-bond acceptors (Lipinski definition) is 1. The monoisotopic (exact) mass is 176 g/mol. The SMILES string of the molecule is CC(C)OC(C)(C)CC(C)(C)F. The molecular weight excluding hydrogens is 155 g/mol. The Hall–Kier alpha value is -0.110. The highest BCUT2D eigenvalue weighted by Crippen LogP contribution is 2.27. The van der Waals surface area contributed by atoms with Gasteiger partial charge < -0.3 is 4.74 Å². The Labute approximate surface area is 75.3 Å². The fraction of sp³-hybridized carbons (Fsp3) is 1.00. The number of alkyl halides is 1. The van der Waals surface area contributed by atoms with E-state index in [-0.39, 0.29) is 11.7 Å². The lowest BCUT2D eigenvalue weighted by molar-refractivity contribution is -0.0822. The summed E-state index contributed by atoms with van der Waals surface area (Å²) >= 11 is 0. The highest BCUT2D eigenvalue weighted by molar-refractivity contribution is 4.80. The van der Waals surface area contributed by atoms with Crippen LogP contribution in [0.4, 0.5) is 4.39 Å². The molecule has 74 valence electrons. The minimum atomic E-state index is -1.15. The Morgan fingerprint density at radius 1 is 1.17 bits per heavy atom. The summed E-state index contributed by atoms with van der Waals surface area (Å²) in [6.07, 6.45) is 0.584. The predicted octanol–water partition coefficient (Wildman–Crippen LogP) is 3.33. The standard InChI is InChI=1S/C10H21FO/c1-8(2)12-10(5,6)7-9(3,4)11/h8H,7H2,1-6H3. The second-order valence-corrected chi connectivity index (χ2v) is 4.82. The van der Waals surface area contributed by atoms with E-state index in [1.54, 1.807) is 13.8 Å². The van der Waals surface area contributed by atoms with Crippen molar-refractivity contribution in [2.75, 3.05) is 0 Å². The lowest BCUT2D eigenvalue weighted by Crippen LogP contribution is -2.34. The fourth-order valence-electron chi connectivity index (χ4n) is 1.69. The van der Waals surface area contributed by atoms with Gasteiger partial charge in [0.05, 0.1) is 11.7 Å². The fourth-order valence-corrected chi connectivity index (χ4v) is 1.69. The maximum absolute atomic E-state index is 13.3. The van der Waals surface area contributed by atoms with E-state index in [1.807, 2.05) is 27.7 Å². The first-order valence-electron chi connectivity index (χ1n) is 4.49. The molecule has 0 saturated heterocycles. The Morgan fingerprint density at radius 3 is 1.83 bits per heavy atom. The summed E-state index contributed by atoms with van der Waals surface area (Å²) in [6, 6.07) is 0. The highest BCUT2D eigenvalue weighted by atomic mass is 19.1. The van der Waals surface area contributed by atoms with Gasteiger partial charge in [-0.25, -0.2) is 4.39 Å². The van der Waals surface area contributed by atoms with E-state index < -0.39 is 5.67 Å². The lowest BCUT2D eigenvalue weighted by atomic mass is 9.93. The summed E-state index contributed by atoms with van der Waals surface area (Å²) in [5.74, 6) is 0. The normalized spacial score (nSPS) is 14.0. The number of hydrogen-bond donors (Lipinski definition) is 0. The summed E-state index contributed by atoms with van der Waals surface area (Å²) in [5.41, 5.74) is -1.52. The second-order valence-electron chi connectivity index (χ2n) is 4.82. The van der Waals surface area contributed by atoms with Crippen LogP contribution < -0.4 is 0 Å². The summed E-state index contributed by atoms with van der Waals surface area (Å²) in [4.78, 5) is 0. The first kappa shape index (κ1) is 11.9. The third kappa shape index (κ3) is 6.59. The number of halogens is 1. The molecule has 0 aliphatic heterocycles. The topological polar surface area (TPSA) is 9.23 Å². The minimum absolute atomic E-state index is 0.155. The van der Waals surface area contributed by atoms with E-state index in [9.17, 15) is 4.39 Å². The molecule has 0 N–H and O–H groups in total. The van der Waals surface area contributed by atoms with Crippen molar-refractivity contribution in [3.63, 3.8) is 0 Å². The van der Waals surface area contributed by atoms with Gasteiger partial charge in [-0.05, 0) is 41.5 Å². The Balaban J connectivity index is 4.04. The van der Waals surface area contributed by atoms with Crippen LogP contribution in [0, 0.1) is 0 Å². The average Bonchev–Trinajstić information content (AvgIpc) is 1.48. The number of ether oxygens (including phenoxy) is 1. The van der Waals surface area contributed by atoms with E-state index in [0.717, 1.165) is 0 Å². The van der Waals surface area contributed by atoms with Gasteiger partial charge in [0, 0.05) is 6.42 Å². The van der Waals surface area contributed by atoms with Crippen LogP contribution in [-0.4, -0.2) is 17.4 Å². The van der Waals surface area contributed by atoms with Gasteiger partial charge in [0.25, 0.3) is 0 Å². The minimum Gasteiger partial charge on any atom is -0.373 e. The molecule has 0 saturated carbocycles. The van der Waals surface area contributed by atoms with Crippen molar-refractivity contribution in [2.24, 2.45) is 0 Å². The molecule has 12 heavy (non-hydrogen) atoms. The summed E-state index contributed by atoms with van der Waals surface area (Å²) in [6.45, 7) is 10.9. The van der Waals surface area contributed by atoms with Crippen LogP contribution in [0.2, 0.25) is 0 Å². The molecule has 0 aromatic rings. The molecule has 0 rings (SSSR count). The van der Waals surface area contributed by atoms with Crippen LogP contribution in [0.3, 0.4) is 0 Å². The van der Waals surface area contributed by atoms with Crippen molar-refractivity contribution in [1.82, 2.24) is 0 Å². The Morgan fingerprint density at radius 2 is 1.58 bits per heavy atom. The van der Waals surface area contributed by atoms with Gasteiger partial charge >= 0.3 is 0 Å². The molecule has 0 atom stereocenters. The predicted molar refractivity (Wildman–Crippen MR) is 50.1 cm³/mol. The van der Waals surface area contributed by atoms with E-state index >= 15 is 0 Å². The van der Waals surface area contributed by atoms with Crippen molar-refractivity contribution in [3.05, 3.63) is 0 Å². The molecule has 0 fully saturated rings.